The zero-order chi connectivity index (χ0) is 13.2. The molecule has 3 heteroatoms. The average Bonchev–Trinajstić information content (AvgIpc) is 2.42. The van der Waals surface area contributed by atoms with E-state index in [9.17, 15) is 4.79 Å². The second-order valence-corrected chi connectivity index (χ2v) is 5.02. The molecule has 1 atom stereocenters. The first-order chi connectivity index (χ1) is 8.74. The maximum Gasteiger partial charge on any atom is 0.220 e. The van der Waals surface area contributed by atoms with E-state index in [0.29, 0.717) is 13.0 Å². The van der Waals surface area contributed by atoms with Crippen LogP contribution in [0.4, 0.5) is 0 Å². The van der Waals surface area contributed by atoms with Crippen LogP contribution in [0.15, 0.2) is 30.3 Å². The molecule has 1 aromatic carbocycles. The Balaban J connectivity index is 2.18. The van der Waals surface area contributed by atoms with Crippen LogP contribution in [0.1, 0.15) is 50.0 Å². The topological polar surface area (TPSA) is 29.1 Å². The number of unbranched alkanes of at least 4 members (excludes halogenated alkanes) is 3. The number of nitrogens with one attached hydrogen (secondary N) is 1. The van der Waals surface area contributed by atoms with Crippen LogP contribution < -0.4 is 5.32 Å². The van der Waals surface area contributed by atoms with Crippen molar-refractivity contribution in [3.63, 3.8) is 0 Å². The fourth-order valence-electron chi connectivity index (χ4n) is 1.78. The van der Waals surface area contributed by atoms with Gasteiger partial charge >= 0.3 is 0 Å². The van der Waals surface area contributed by atoms with Crippen LogP contribution in [-0.2, 0) is 4.79 Å². The Kier molecular flexibility index (Phi) is 7.51. The summed E-state index contributed by atoms with van der Waals surface area (Å²) in [6, 6.07) is 9.82. The van der Waals surface area contributed by atoms with E-state index in [1.54, 1.807) is 0 Å². The van der Waals surface area contributed by atoms with Gasteiger partial charge in [-0.25, -0.2) is 0 Å². The molecule has 2 nitrogen and oxygen atoms in total. The quantitative estimate of drug-likeness (QED) is 0.559. The Morgan fingerprint density at radius 1 is 1.22 bits per heavy atom. The lowest BCUT2D eigenvalue weighted by Crippen LogP contribution is -2.26. The molecule has 1 rings (SSSR count). The molecule has 0 fully saturated rings. The van der Waals surface area contributed by atoms with Crippen LogP contribution in [-0.4, -0.2) is 12.5 Å². The van der Waals surface area contributed by atoms with Gasteiger partial charge in [-0.15, -0.1) is 11.6 Å². The van der Waals surface area contributed by atoms with Crippen LogP contribution in [0, 0.1) is 0 Å². The third-order valence-electron chi connectivity index (χ3n) is 2.90. The third kappa shape index (κ3) is 6.06. The molecule has 0 saturated heterocycles. The molecule has 0 bridgehead atoms. The standard InChI is InChI=1S/C15H22ClNO/c1-2-3-4-8-11-15(18)17-12-14(16)13-9-6-5-7-10-13/h5-7,9-10,14H,2-4,8,11-12H2,1H3,(H,17,18). The summed E-state index contributed by atoms with van der Waals surface area (Å²) in [6.07, 6.45) is 5.11. The highest BCUT2D eigenvalue weighted by Gasteiger charge is 2.08. The highest BCUT2D eigenvalue weighted by atomic mass is 35.5. The van der Waals surface area contributed by atoms with Crippen LogP contribution in [0.5, 0.6) is 0 Å². The first-order valence-electron chi connectivity index (χ1n) is 6.69. The Hall–Kier alpha value is -1.02. The van der Waals surface area contributed by atoms with E-state index >= 15 is 0 Å². The summed E-state index contributed by atoms with van der Waals surface area (Å²) in [5, 5.41) is 2.74. The van der Waals surface area contributed by atoms with Crippen LogP contribution in [0.25, 0.3) is 0 Å². The Morgan fingerprint density at radius 2 is 1.94 bits per heavy atom. The molecule has 1 unspecified atom stereocenters. The second kappa shape index (κ2) is 8.98. The summed E-state index contributed by atoms with van der Waals surface area (Å²) in [6.45, 7) is 2.66. The average molecular weight is 268 g/mol. The number of carbonyl (C=O) groups excluding carboxylic acids is 1. The second-order valence-electron chi connectivity index (χ2n) is 4.49. The molecule has 0 saturated carbocycles. The lowest BCUT2D eigenvalue weighted by molar-refractivity contribution is -0.121. The molecule has 0 aliphatic carbocycles. The highest BCUT2D eigenvalue weighted by molar-refractivity contribution is 6.21. The van der Waals surface area contributed by atoms with Crippen molar-refractivity contribution in [3.05, 3.63) is 35.9 Å². The predicted octanol–water partition coefficient (Wildman–Crippen LogP) is 4.05. The van der Waals surface area contributed by atoms with Crippen LogP contribution in [0.2, 0.25) is 0 Å². The molecule has 0 aliphatic rings. The molecular formula is C15H22ClNO. The Labute approximate surface area is 115 Å². The summed E-state index contributed by atoms with van der Waals surface area (Å²) in [4.78, 5) is 11.6. The van der Waals surface area contributed by atoms with Gasteiger partial charge in [-0.1, -0.05) is 56.5 Å². The first-order valence-corrected chi connectivity index (χ1v) is 7.13. The van der Waals surface area contributed by atoms with Crippen LogP contribution >= 0.6 is 11.6 Å². The normalized spacial score (nSPS) is 12.1. The minimum Gasteiger partial charge on any atom is -0.354 e. The van der Waals surface area contributed by atoms with Crippen molar-refractivity contribution in [2.24, 2.45) is 0 Å². The monoisotopic (exact) mass is 267 g/mol. The molecule has 0 aromatic heterocycles. The van der Waals surface area contributed by atoms with E-state index in [-0.39, 0.29) is 11.3 Å². The summed E-state index contributed by atoms with van der Waals surface area (Å²) < 4.78 is 0. The SMILES string of the molecule is CCCCCCC(=O)NCC(Cl)c1ccccc1. The third-order valence-corrected chi connectivity index (χ3v) is 3.30. The summed E-state index contributed by atoms with van der Waals surface area (Å²) in [5.74, 6) is 0.104. The zero-order valence-corrected chi connectivity index (χ0v) is 11.7. The number of benzene rings is 1. The maximum absolute atomic E-state index is 11.6. The molecular weight excluding hydrogens is 246 g/mol. The fourth-order valence-corrected chi connectivity index (χ4v) is 2.01. The molecule has 0 heterocycles. The van der Waals surface area contributed by atoms with Crippen molar-refractivity contribution >= 4 is 17.5 Å². The number of amides is 1. The summed E-state index contributed by atoms with van der Waals surface area (Å²) in [7, 11) is 0. The van der Waals surface area contributed by atoms with E-state index in [0.717, 1.165) is 18.4 Å². The maximum atomic E-state index is 11.6. The smallest absolute Gasteiger partial charge is 0.220 e. The Bertz CT molecular complexity index is 340. The van der Waals surface area contributed by atoms with Gasteiger partial charge in [-0.2, -0.15) is 0 Å². The lowest BCUT2D eigenvalue weighted by Gasteiger charge is -2.11. The van der Waals surface area contributed by atoms with Gasteiger partial charge in [0.15, 0.2) is 0 Å². The molecule has 1 N–H and O–H groups in total. The van der Waals surface area contributed by atoms with E-state index < -0.39 is 0 Å². The molecule has 1 amide bonds. The van der Waals surface area contributed by atoms with E-state index in [2.05, 4.69) is 12.2 Å². The summed E-state index contributed by atoms with van der Waals surface area (Å²) in [5.41, 5.74) is 1.05. The van der Waals surface area contributed by atoms with Crippen molar-refractivity contribution in [3.8, 4) is 0 Å². The van der Waals surface area contributed by atoms with Gasteiger partial charge in [0.2, 0.25) is 5.91 Å². The minimum atomic E-state index is -0.147. The Morgan fingerprint density at radius 3 is 2.61 bits per heavy atom. The minimum absolute atomic E-state index is 0.104. The van der Waals surface area contributed by atoms with E-state index in [1.807, 2.05) is 30.3 Å². The lowest BCUT2D eigenvalue weighted by atomic mass is 10.1. The molecule has 0 radical (unpaired) electrons. The first kappa shape index (κ1) is 15.0. The van der Waals surface area contributed by atoms with E-state index in [4.69, 9.17) is 11.6 Å². The molecule has 100 valence electrons. The zero-order valence-electron chi connectivity index (χ0n) is 11.0. The van der Waals surface area contributed by atoms with Crippen molar-refractivity contribution in [2.45, 2.75) is 44.4 Å². The van der Waals surface area contributed by atoms with Gasteiger partial charge in [0.1, 0.15) is 0 Å². The number of carbonyl (C=O) groups is 1. The highest BCUT2D eigenvalue weighted by Crippen LogP contribution is 2.18. The van der Waals surface area contributed by atoms with Gasteiger partial charge in [0.05, 0.1) is 5.38 Å². The number of alkyl halides is 1. The van der Waals surface area contributed by atoms with Crippen molar-refractivity contribution in [2.75, 3.05) is 6.54 Å². The largest absolute Gasteiger partial charge is 0.354 e. The van der Waals surface area contributed by atoms with Crippen LogP contribution in [0.3, 0.4) is 0 Å². The van der Waals surface area contributed by atoms with Crippen molar-refractivity contribution in [1.82, 2.24) is 5.32 Å². The van der Waals surface area contributed by atoms with Gasteiger partial charge in [0, 0.05) is 13.0 Å². The van der Waals surface area contributed by atoms with Gasteiger partial charge in [-0.3, -0.25) is 4.79 Å². The predicted molar refractivity (Wildman–Crippen MR) is 76.8 cm³/mol. The van der Waals surface area contributed by atoms with Gasteiger partial charge in [-0.05, 0) is 12.0 Å². The van der Waals surface area contributed by atoms with Crippen molar-refractivity contribution in [1.29, 1.82) is 0 Å². The molecule has 18 heavy (non-hydrogen) atoms. The van der Waals surface area contributed by atoms with Gasteiger partial charge < -0.3 is 5.32 Å². The fraction of sp³-hybridized carbons (Fsp3) is 0.533. The number of hydrogen-bond donors (Lipinski definition) is 1. The molecule has 1 aromatic rings. The van der Waals surface area contributed by atoms with E-state index in [1.165, 1.54) is 12.8 Å². The summed E-state index contributed by atoms with van der Waals surface area (Å²) >= 11 is 6.22. The molecule has 0 aliphatic heterocycles. The van der Waals surface area contributed by atoms with Crippen molar-refractivity contribution < 1.29 is 4.79 Å². The number of hydrogen-bond acceptors (Lipinski definition) is 1. The van der Waals surface area contributed by atoms with Gasteiger partial charge in [0.25, 0.3) is 0 Å². The number of halogens is 1. The molecule has 0 spiro atoms. The number of rotatable bonds is 8.